The Morgan fingerprint density at radius 3 is 2.43 bits per heavy atom. The van der Waals surface area contributed by atoms with Gasteiger partial charge in [0, 0.05) is 56.3 Å². The normalized spacial score (nSPS) is 16.7. The number of piperidine rings is 1. The molecule has 28 heavy (non-hydrogen) atoms. The number of benzene rings is 1. The molecule has 1 amide bonds. The van der Waals surface area contributed by atoms with Crippen LogP contribution in [0.15, 0.2) is 24.3 Å². The lowest BCUT2D eigenvalue weighted by atomic mass is 10.0. The molecule has 6 nitrogen and oxygen atoms in total. The van der Waals surface area contributed by atoms with Crippen molar-refractivity contribution in [2.45, 2.75) is 32.2 Å². The molecule has 148 valence electrons. The fourth-order valence-electron chi connectivity index (χ4n) is 3.94. The molecule has 3 heterocycles. The molecule has 0 spiro atoms. The fourth-order valence-corrected chi connectivity index (χ4v) is 4.06. The molecule has 2 aliphatic rings. The lowest BCUT2D eigenvalue weighted by molar-refractivity contribution is 0.0733. The first-order chi connectivity index (χ1) is 13.5. The van der Waals surface area contributed by atoms with Gasteiger partial charge in [-0.15, -0.1) is 0 Å². The molecule has 0 radical (unpaired) electrons. The third-order valence-electron chi connectivity index (χ3n) is 5.47. The first-order valence-corrected chi connectivity index (χ1v) is 10.3. The van der Waals surface area contributed by atoms with Crippen LogP contribution < -0.4 is 9.80 Å². The minimum atomic E-state index is 0.0205. The summed E-state index contributed by atoms with van der Waals surface area (Å²) >= 11 is 5.95. The van der Waals surface area contributed by atoms with Gasteiger partial charge in [0.05, 0.1) is 12.2 Å². The van der Waals surface area contributed by atoms with Gasteiger partial charge in [0.2, 0.25) is 5.95 Å². The number of nitrogens with zero attached hydrogens (tertiary/aromatic N) is 5. The van der Waals surface area contributed by atoms with Crippen molar-refractivity contribution in [3.8, 4) is 0 Å². The van der Waals surface area contributed by atoms with E-state index in [1.165, 1.54) is 19.3 Å². The Balaban J connectivity index is 1.62. The zero-order valence-corrected chi connectivity index (χ0v) is 17.2. The Labute approximate surface area is 171 Å². The van der Waals surface area contributed by atoms with E-state index in [1.807, 2.05) is 23.9 Å². The summed E-state index contributed by atoms with van der Waals surface area (Å²) in [6, 6.07) is 7.07. The Morgan fingerprint density at radius 2 is 1.75 bits per heavy atom. The molecule has 0 atom stereocenters. The van der Waals surface area contributed by atoms with Gasteiger partial charge in [-0.3, -0.25) is 4.79 Å². The molecule has 2 aromatic rings. The summed E-state index contributed by atoms with van der Waals surface area (Å²) in [7, 11) is 4.01. The molecule has 7 heteroatoms. The van der Waals surface area contributed by atoms with Crippen molar-refractivity contribution in [3.63, 3.8) is 0 Å². The lowest BCUT2D eigenvalue weighted by Crippen LogP contribution is -2.38. The molecular formula is C21H26ClN5O. The quantitative estimate of drug-likeness (QED) is 0.791. The van der Waals surface area contributed by atoms with Gasteiger partial charge < -0.3 is 14.7 Å². The first kappa shape index (κ1) is 19.0. The molecular weight excluding hydrogens is 374 g/mol. The molecule has 1 saturated heterocycles. The number of carbonyl (C=O) groups excluding carboxylic acids is 1. The maximum absolute atomic E-state index is 12.9. The van der Waals surface area contributed by atoms with E-state index < -0.39 is 0 Å². The van der Waals surface area contributed by atoms with E-state index in [0.29, 0.717) is 23.7 Å². The van der Waals surface area contributed by atoms with Crippen molar-refractivity contribution in [2.24, 2.45) is 0 Å². The van der Waals surface area contributed by atoms with Gasteiger partial charge in [-0.25, -0.2) is 4.98 Å². The van der Waals surface area contributed by atoms with Gasteiger partial charge in [0.15, 0.2) is 0 Å². The van der Waals surface area contributed by atoms with Crippen LogP contribution in [-0.2, 0) is 13.0 Å². The van der Waals surface area contributed by atoms with Crippen molar-refractivity contribution in [2.75, 3.05) is 43.5 Å². The van der Waals surface area contributed by atoms with Crippen molar-refractivity contribution in [1.82, 2.24) is 14.9 Å². The monoisotopic (exact) mass is 399 g/mol. The number of aromatic nitrogens is 2. The van der Waals surface area contributed by atoms with Gasteiger partial charge in [-0.2, -0.15) is 4.98 Å². The number of carbonyl (C=O) groups is 1. The highest BCUT2D eigenvalue weighted by atomic mass is 35.5. The average molecular weight is 400 g/mol. The number of hydrogen-bond acceptors (Lipinski definition) is 5. The second kappa shape index (κ2) is 7.95. The highest BCUT2D eigenvalue weighted by Gasteiger charge is 2.28. The van der Waals surface area contributed by atoms with E-state index in [4.69, 9.17) is 21.6 Å². The predicted octanol–water partition coefficient (Wildman–Crippen LogP) is 3.38. The zero-order valence-electron chi connectivity index (χ0n) is 16.5. The highest BCUT2D eigenvalue weighted by molar-refractivity contribution is 6.30. The van der Waals surface area contributed by atoms with Crippen molar-refractivity contribution in [3.05, 3.63) is 46.1 Å². The van der Waals surface area contributed by atoms with E-state index in [1.54, 1.807) is 24.3 Å². The maximum Gasteiger partial charge on any atom is 0.254 e. The van der Waals surface area contributed by atoms with Gasteiger partial charge in [0.1, 0.15) is 5.82 Å². The topological polar surface area (TPSA) is 52.6 Å². The predicted molar refractivity (Wildman–Crippen MR) is 112 cm³/mol. The molecule has 0 bridgehead atoms. The van der Waals surface area contributed by atoms with Gasteiger partial charge in [0.25, 0.3) is 5.91 Å². The van der Waals surface area contributed by atoms with Crippen LogP contribution in [0.3, 0.4) is 0 Å². The number of amides is 1. The minimum absolute atomic E-state index is 0.0205. The van der Waals surface area contributed by atoms with E-state index in [9.17, 15) is 4.79 Å². The first-order valence-electron chi connectivity index (χ1n) is 9.90. The summed E-state index contributed by atoms with van der Waals surface area (Å²) in [6.45, 7) is 3.24. The Hall–Kier alpha value is -2.34. The van der Waals surface area contributed by atoms with Crippen molar-refractivity contribution >= 4 is 29.3 Å². The Bertz CT molecular complexity index is 862. The van der Waals surface area contributed by atoms with Crippen LogP contribution in [0.25, 0.3) is 0 Å². The molecule has 1 aromatic carbocycles. The fraction of sp³-hybridized carbons (Fsp3) is 0.476. The third kappa shape index (κ3) is 3.78. The van der Waals surface area contributed by atoms with Crippen LogP contribution >= 0.6 is 11.6 Å². The van der Waals surface area contributed by atoms with Crippen LogP contribution in [0.5, 0.6) is 0 Å². The minimum Gasteiger partial charge on any atom is -0.362 e. The third-order valence-corrected chi connectivity index (χ3v) is 5.72. The molecule has 0 aliphatic carbocycles. The highest BCUT2D eigenvalue weighted by Crippen LogP contribution is 2.29. The molecule has 2 aliphatic heterocycles. The zero-order chi connectivity index (χ0) is 19.7. The SMILES string of the molecule is CN(C)c1nc(N2CCCCC2)nc2c1CN(C(=O)c1ccc(Cl)cc1)CC2. The van der Waals surface area contributed by atoms with E-state index in [-0.39, 0.29) is 5.91 Å². The number of rotatable bonds is 3. The summed E-state index contributed by atoms with van der Waals surface area (Å²) in [4.78, 5) is 28.9. The van der Waals surface area contributed by atoms with E-state index >= 15 is 0 Å². The number of hydrogen-bond donors (Lipinski definition) is 0. The summed E-state index contributed by atoms with van der Waals surface area (Å²) in [5, 5.41) is 0.633. The Morgan fingerprint density at radius 1 is 1.04 bits per heavy atom. The smallest absolute Gasteiger partial charge is 0.254 e. The summed E-state index contributed by atoms with van der Waals surface area (Å²) < 4.78 is 0. The number of anilines is 2. The van der Waals surface area contributed by atoms with Crippen LogP contribution in [0.2, 0.25) is 5.02 Å². The van der Waals surface area contributed by atoms with Crippen molar-refractivity contribution in [1.29, 1.82) is 0 Å². The second-order valence-electron chi connectivity index (χ2n) is 7.70. The second-order valence-corrected chi connectivity index (χ2v) is 8.13. The van der Waals surface area contributed by atoms with Gasteiger partial charge >= 0.3 is 0 Å². The largest absolute Gasteiger partial charge is 0.362 e. The molecule has 1 aromatic heterocycles. The summed E-state index contributed by atoms with van der Waals surface area (Å²) in [5.74, 6) is 1.77. The number of fused-ring (bicyclic) bond motifs is 1. The van der Waals surface area contributed by atoms with Crippen LogP contribution in [0.4, 0.5) is 11.8 Å². The van der Waals surface area contributed by atoms with Crippen LogP contribution in [0, 0.1) is 0 Å². The molecule has 0 N–H and O–H groups in total. The molecule has 0 unspecified atom stereocenters. The maximum atomic E-state index is 12.9. The van der Waals surface area contributed by atoms with E-state index in [2.05, 4.69) is 4.90 Å². The average Bonchev–Trinajstić information content (AvgIpc) is 2.73. The molecule has 0 saturated carbocycles. The van der Waals surface area contributed by atoms with Gasteiger partial charge in [-0.1, -0.05) is 11.6 Å². The Kier molecular flexibility index (Phi) is 5.40. The van der Waals surface area contributed by atoms with Crippen LogP contribution in [0.1, 0.15) is 40.9 Å². The molecule has 4 rings (SSSR count). The standard InChI is InChI=1S/C21H26ClN5O/c1-25(2)19-17-14-27(20(28)15-6-8-16(22)9-7-15)13-10-18(17)23-21(24-19)26-11-4-3-5-12-26/h6-9H,3-5,10-14H2,1-2H3. The van der Waals surface area contributed by atoms with E-state index in [0.717, 1.165) is 42.5 Å². The molecule has 1 fully saturated rings. The van der Waals surface area contributed by atoms with Gasteiger partial charge in [-0.05, 0) is 43.5 Å². The van der Waals surface area contributed by atoms with Crippen LogP contribution in [-0.4, -0.2) is 54.5 Å². The summed E-state index contributed by atoms with van der Waals surface area (Å²) in [6.07, 6.45) is 4.42. The number of halogens is 1. The summed E-state index contributed by atoms with van der Waals surface area (Å²) in [5.41, 5.74) is 2.78. The van der Waals surface area contributed by atoms with Crippen molar-refractivity contribution < 1.29 is 4.79 Å². The lowest BCUT2D eigenvalue weighted by Gasteiger charge is -2.33.